The highest BCUT2D eigenvalue weighted by molar-refractivity contribution is 9.09. The van der Waals surface area contributed by atoms with Gasteiger partial charge in [0.25, 0.3) is 0 Å². The maximum atomic E-state index is 12.5. The fourth-order valence-corrected chi connectivity index (χ4v) is 4.19. The molecule has 0 atom stereocenters. The van der Waals surface area contributed by atoms with Crippen LogP contribution in [0.4, 0.5) is 0 Å². The SMILES string of the molecule is CCCCN(CCBr)S(=O)(=O)c1c(C)noc1C. The Bertz CT molecular complexity index is 465. The number of aromatic nitrogens is 1. The molecule has 0 bridgehead atoms. The summed E-state index contributed by atoms with van der Waals surface area (Å²) in [6.07, 6.45) is 1.80. The van der Waals surface area contributed by atoms with Crippen LogP contribution in [-0.2, 0) is 10.0 Å². The lowest BCUT2D eigenvalue weighted by atomic mass is 10.3. The number of unbranched alkanes of at least 4 members (excludes halogenated alkanes) is 1. The second-order valence-electron chi connectivity index (χ2n) is 4.10. The van der Waals surface area contributed by atoms with Crippen molar-refractivity contribution in [2.45, 2.75) is 38.5 Å². The summed E-state index contributed by atoms with van der Waals surface area (Å²) >= 11 is 3.29. The fourth-order valence-electron chi connectivity index (χ4n) is 1.75. The maximum absolute atomic E-state index is 12.5. The standard InChI is InChI=1S/C11H19BrN2O3S/c1-4-5-7-14(8-6-12)18(15,16)11-9(2)13-17-10(11)3/h4-8H2,1-3H3. The van der Waals surface area contributed by atoms with E-state index >= 15 is 0 Å². The van der Waals surface area contributed by atoms with E-state index in [0.717, 1.165) is 12.8 Å². The van der Waals surface area contributed by atoms with E-state index in [1.807, 2.05) is 6.92 Å². The predicted octanol–water partition coefficient (Wildman–Crippen LogP) is 2.48. The van der Waals surface area contributed by atoms with Gasteiger partial charge in [0.1, 0.15) is 10.6 Å². The van der Waals surface area contributed by atoms with Crippen LogP contribution in [0, 0.1) is 13.8 Å². The van der Waals surface area contributed by atoms with Crippen molar-refractivity contribution in [3.8, 4) is 0 Å². The zero-order chi connectivity index (χ0) is 13.8. The third-order valence-corrected chi connectivity index (χ3v) is 5.16. The number of sulfonamides is 1. The van der Waals surface area contributed by atoms with Gasteiger partial charge in [0, 0.05) is 18.4 Å². The first-order valence-electron chi connectivity index (χ1n) is 5.94. The molecule has 0 unspecified atom stereocenters. The number of alkyl halides is 1. The first kappa shape index (κ1) is 15.7. The molecule has 0 amide bonds. The Hall–Kier alpha value is -0.400. The van der Waals surface area contributed by atoms with E-state index in [1.165, 1.54) is 4.31 Å². The molecule has 0 saturated heterocycles. The van der Waals surface area contributed by atoms with Crippen LogP contribution in [0.1, 0.15) is 31.2 Å². The van der Waals surface area contributed by atoms with Gasteiger partial charge in [-0.3, -0.25) is 0 Å². The van der Waals surface area contributed by atoms with Crippen molar-refractivity contribution in [3.05, 3.63) is 11.5 Å². The predicted molar refractivity (Wildman–Crippen MR) is 73.4 cm³/mol. The minimum Gasteiger partial charge on any atom is -0.360 e. The first-order valence-corrected chi connectivity index (χ1v) is 8.50. The third kappa shape index (κ3) is 3.33. The second-order valence-corrected chi connectivity index (χ2v) is 6.77. The van der Waals surface area contributed by atoms with Crippen LogP contribution in [0.2, 0.25) is 0 Å². The number of halogens is 1. The van der Waals surface area contributed by atoms with Gasteiger partial charge in [-0.2, -0.15) is 4.31 Å². The monoisotopic (exact) mass is 338 g/mol. The molecule has 1 heterocycles. The number of hydrogen-bond donors (Lipinski definition) is 0. The van der Waals surface area contributed by atoms with E-state index in [2.05, 4.69) is 21.1 Å². The highest BCUT2D eigenvalue weighted by Gasteiger charge is 2.30. The summed E-state index contributed by atoms with van der Waals surface area (Å²) in [5.41, 5.74) is 0.420. The molecule has 104 valence electrons. The molecule has 0 aliphatic heterocycles. The molecule has 0 N–H and O–H groups in total. The van der Waals surface area contributed by atoms with Crippen LogP contribution in [-0.4, -0.2) is 36.3 Å². The van der Waals surface area contributed by atoms with Gasteiger partial charge in [0.05, 0.1) is 0 Å². The van der Waals surface area contributed by atoms with Gasteiger partial charge >= 0.3 is 0 Å². The molecule has 0 radical (unpaired) electrons. The summed E-state index contributed by atoms with van der Waals surface area (Å²) in [5.74, 6) is 0.351. The van der Waals surface area contributed by atoms with Gasteiger partial charge in [-0.1, -0.05) is 34.4 Å². The lowest BCUT2D eigenvalue weighted by Crippen LogP contribution is -2.34. The molecular weight excluding hydrogens is 320 g/mol. The number of nitrogens with zero attached hydrogens (tertiary/aromatic N) is 2. The fraction of sp³-hybridized carbons (Fsp3) is 0.727. The number of rotatable bonds is 7. The summed E-state index contributed by atoms with van der Waals surface area (Å²) in [6, 6.07) is 0. The van der Waals surface area contributed by atoms with Crippen LogP contribution in [0.5, 0.6) is 0 Å². The first-order chi connectivity index (χ1) is 8.45. The zero-order valence-corrected chi connectivity index (χ0v) is 13.3. The minimum atomic E-state index is -3.51. The Morgan fingerprint density at radius 1 is 1.33 bits per heavy atom. The summed E-state index contributed by atoms with van der Waals surface area (Å²) in [6.45, 7) is 6.28. The van der Waals surface area contributed by atoms with Crippen LogP contribution < -0.4 is 0 Å². The second kappa shape index (κ2) is 6.68. The molecular formula is C11H19BrN2O3S. The molecule has 0 aromatic carbocycles. The van der Waals surface area contributed by atoms with Gasteiger partial charge in [0.2, 0.25) is 10.0 Å². The van der Waals surface area contributed by atoms with Gasteiger partial charge in [-0.15, -0.1) is 0 Å². The molecule has 1 aromatic rings. The van der Waals surface area contributed by atoms with Gasteiger partial charge in [-0.05, 0) is 20.3 Å². The average Bonchev–Trinajstić information content (AvgIpc) is 2.64. The Balaban J connectivity index is 3.09. The van der Waals surface area contributed by atoms with Crippen molar-refractivity contribution in [1.82, 2.24) is 9.46 Å². The molecule has 1 rings (SSSR count). The van der Waals surface area contributed by atoms with E-state index in [0.29, 0.717) is 29.9 Å². The lowest BCUT2D eigenvalue weighted by molar-refractivity contribution is 0.388. The van der Waals surface area contributed by atoms with E-state index < -0.39 is 10.0 Å². The van der Waals surface area contributed by atoms with Crippen molar-refractivity contribution in [2.24, 2.45) is 0 Å². The largest absolute Gasteiger partial charge is 0.360 e. The molecule has 0 spiro atoms. The highest BCUT2D eigenvalue weighted by atomic mass is 79.9. The van der Waals surface area contributed by atoms with Crippen molar-refractivity contribution in [2.75, 3.05) is 18.4 Å². The summed E-state index contributed by atoms with van der Waals surface area (Å²) in [4.78, 5) is 0.208. The van der Waals surface area contributed by atoms with Crippen LogP contribution in [0.3, 0.4) is 0 Å². The summed E-state index contributed by atoms with van der Waals surface area (Å²) in [5, 5.41) is 4.32. The van der Waals surface area contributed by atoms with Crippen molar-refractivity contribution in [1.29, 1.82) is 0 Å². The number of hydrogen-bond acceptors (Lipinski definition) is 4. The summed E-state index contributed by atoms with van der Waals surface area (Å²) < 4.78 is 31.5. The lowest BCUT2D eigenvalue weighted by Gasteiger charge is -2.20. The van der Waals surface area contributed by atoms with Crippen LogP contribution in [0.25, 0.3) is 0 Å². The van der Waals surface area contributed by atoms with E-state index in [4.69, 9.17) is 4.52 Å². The van der Waals surface area contributed by atoms with Crippen molar-refractivity contribution in [3.63, 3.8) is 0 Å². The molecule has 5 nitrogen and oxygen atoms in total. The highest BCUT2D eigenvalue weighted by Crippen LogP contribution is 2.23. The summed E-state index contributed by atoms with van der Waals surface area (Å²) in [7, 11) is -3.51. The smallest absolute Gasteiger partial charge is 0.248 e. The number of aryl methyl sites for hydroxylation is 2. The molecule has 0 saturated carbocycles. The molecule has 0 aliphatic rings. The quantitative estimate of drug-likeness (QED) is 0.716. The Kier molecular flexibility index (Phi) is 5.81. The third-order valence-electron chi connectivity index (χ3n) is 2.66. The van der Waals surface area contributed by atoms with Crippen molar-refractivity contribution >= 4 is 26.0 Å². The average molecular weight is 339 g/mol. The van der Waals surface area contributed by atoms with Gasteiger partial charge in [-0.25, -0.2) is 8.42 Å². The molecule has 0 fully saturated rings. The molecule has 0 aliphatic carbocycles. The maximum Gasteiger partial charge on any atom is 0.248 e. The van der Waals surface area contributed by atoms with Crippen molar-refractivity contribution < 1.29 is 12.9 Å². The zero-order valence-electron chi connectivity index (χ0n) is 10.9. The van der Waals surface area contributed by atoms with Crippen LogP contribution >= 0.6 is 15.9 Å². The van der Waals surface area contributed by atoms with E-state index in [9.17, 15) is 8.42 Å². The topological polar surface area (TPSA) is 63.4 Å². The van der Waals surface area contributed by atoms with Gasteiger partial charge in [0.15, 0.2) is 5.76 Å². The normalized spacial score (nSPS) is 12.3. The Morgan fingerprint density at radius 2 is 2.00 bits per heavy atom. The van der Waals surface area contributed by atoms with Gasteiger partial charge < -0.3 is 4.52 Å². The van der Waals surface area contributed by atoms with E-state index in [-0.39, 0.29) is 4.90 Å². The molecule has 1 aromatic heterocycles. The van der Waals surface area contributed by atoms with Crippen LogP contribution in [0.15, 0.2) is 9.42 Å². The molecule has 18 heavy (non-hydrogen) atoms. The van der Waals surface area contributed by atoms with E-state index in [1.54, 1.807) is 13.8 Å². The Morgan fingerprint density at radius 3 is 2.44 bits per heavy atom. The Labute approximate surface area is 117 Å². The molecule has 7 heteroatoms. The minimum absolute atomic E-state index is 0.208.